The minimum atomic E-state index is -0.775. The number of hydrogen-bond donors (Lipinski definition) is 2. The molecule has 162 valence electrons. The van der Waals surface area contributed by atoms with Gasteiger partial charge < -0.3 is 19.6 Å². The second kappa shape index (κ2) is 11.4. The molecule has 0 unspecified atom stereocenters. The average Bonchev–Trinajstić information content (AvgIpc) is 3.30. The van der Waals surface area contributed by atoms with Crippen LogP contribution in [0.25, 0.3) is 11.3 Å². The van der Waals surface area contributed by atoms with E-state index in [-0.39, 0.29) is 12.3 Å². The van der Waals surface area contributed by atoms with E-state index in [2.05, 4.69) is 21.2 Å². The highest BCUT2D eigenvalue weighted by Crippen LogP contribution is 2.24. The lowest BCUT2D eigenvalue weighted by molar-refractivity contribution is -0.137. The van der Waals surface area contributed by atoms with Crippen molar-refractivity contribution in [1.82, 2.24) is 5.32 Å². The summed E-state index contributed by atoms with van der Waals surface area (Å²) in [5.74, 6) is 0.508. The van der Waals surface area contributed by atoms with Crippen LogP contribution in [0.5, 0.6) is 5.75 Å². The second-order valence-corrected chi connectivity index (χ2v) is 7.96. The smallest absolute Gasteiger partial charge is 0.303 e. The first-order valence-electron chi connectivity index (χ1n) is 10.1. The number of benzene rings is 2. The number of carbonyl (C=O) groups excluding carboxylic acids is 1. The number of carbonyl (C=O) groups is 2. The Morgan fingerprint density at radius 1 is 1.03 bits per heavy atom. The SMILES string of the molecule is O=C(O)CCCCCOc1ccc(Br)cc1CNC(=O)c1ccc(-c2ccco2)cc1. The number of furan rings is 1. The topological polar surface area (TPSA) is 88.8 Å². The van der Waals surface area contributed by atoms with Gasteiger partial charge in [-0.25, -0.2) is 0 Å². The first-order chi connectivity index (χ1) is 15.0. The Bertz CT molecular complexity index is 999. The summed E-state index contributed by atoms with van der Waals surface area (Å²) < 4.78 is 12.1. The summed E-state index contributed by atoms with van der Waals surface area (Å²) in [6, 6.07) is 16.6. The van der Waals surface area contributed by atoms with Crippen molar-refractivity contribution in [2.24, 2.45) is 0 Å². The van der Waals surface area contributed by atoms with E-state index in [0.29, 0.717) is 30.9 Å². The Morgan fingerprint density at radius 2 is 1.84 bits per heavy atom. The van der Waals surface area contributed by atoms with E-state index in [9.17, 15) is 9.59 Å². The summed E-state index contributed by atoms with van der Waals surface area (Å²) in [5, 5.41) is 11.6. The maximum Gasteiger partial charge on any atom is 0.303 e. The highest BCUT2D eigenvalue weighted by molar-refractivity contribution is 9.10. The fourth-order valence-corrected chi connectivity index (χ4v) is 3.48. The molecule has 0 fully saturated rings. The summed E-state index contributed by atoms with van der Waals surface area (Å²) in [7, 11) is 0. The van der Waals surface area contributed by atoms with Crippen LogP contribution in [0, 0.1) is 0 Å². The molecule has 3 aromatic rings. The van der Waals surface area contributed by atoms with E-state index in [0.717, 1.165) is 34.2 Å². The zero-order valence-corrected chi connectivity index (χ0v) is 18.6. The van der Waals surface area contributed by atoms with Crippen LogP contribution in [0.4, 0.5) is 0 Å². The lowest BCUT2D eigenvalue weighted by Crippen LogP contribution is -2.23. The van der Waals surface area contributed by atoms with Crippen LogP contribution in [0.3, 0.4) is 0 Å². The lowest BCUT2D eigenvalue weighted by Gasteiger charge is -2.13. The molecule has 0 saturated carbocycles. The number of rotatable bonds is 11. The molecular formula is C24H24BrNO5. The number of aliphatic carboxylic acids is 1. The van der Waals surface area contributed by atoms with E-state index in [1.54, 1.807) is 18.4 Å². The number of carboxylic acids is 1. The van der Waals surface area contributed by atoms with Gasteiger partial charge in [0.1, 0.15) is 11.5 Å². The van der Waals surface area contributed by atoms with Crippen molar-refractivity contribution in [2.45, 2.75) is 32.2 Å². The molecule has 1 amide bonds. The van der Waals surface area contributed by atoms with Gasteiger partial charge in [-0.1, -0.05) is 28.1 Å². The van der Waals surface area contributed by atoms with Gasteiger partial charge in [0, 0.05) is 34.1 Å². The first-order valence-corrected chi connectivity index (χ1v) is 10.9. The monoisotopic (exact) mass is 485 g/mol. The molecule has 6 nitrogen and oxygen atoms in total. The van der Waals surface area contributed by atoms with Gasteiger partial charge in [-0.05, 0) is 61.7 Å². The van der Waals surface area contributed by atoms with Gasteiger partial charge in [-0.2, -0.15) is 0 Å². The van der Waals surface area contributed by atoms with E-state index >= 15 is 0 Å². The molecule has 0 bridgehead atoms. The molecule has 0 aliphatic rings. The Balaban J connectivity index is 1.53. The van der Waals surface area contributed by atoms with Gasteiger partial charge >= 0.3 is 5.97 Å². The summed E-state index contributed by atoms with van der Waals surface area (Å²) in [6.07, 6.45) is 4.00. The van der Waals surface area contributed by atoms with Gasteiger partial charge in [0.25, 0.3) is 5.91 Å². The zero-order valence-electron chi connectivity index (χ0n) is 17.0. The standard InChI is InChI=1S/C24H24BrNO5/c25-20-11-12-22(30-13-3-1-2-6-23(27)28)19(15-20)16-26-24(29)18-9-7-17(8-10-18)21-5-4-14-31-21/h4-5,7-12,14-15H,1-3,6,13,16H2,(H,26,29)(H,27,28). The van der Waals surface area contributed by atoms with Crippen molar-refractivity contribution < 1.29 is 23.8 Å². The molecule has 0 atom stereocenters. The number of amides is 1. The van der Waals surface area contributed by atoms with Crippen molar-refractivity contribution in [3.8, 4) is 17.1 Å². The van der Waals surface area contributed by atoms with Gasteiger partial charge in [0.05, 0.1) is 12.9 Å². The summed E-state index contributed by atoms with van der Waals surface area (Å²) in [4.78, 5) is 23.1. The molecule has 0 radical (unpaired) electrons. The number of unbranched alkanes of at least 4 members (excludes halogenated alkanes) is 2. The van der Waals surface area contributed by atoms with Crippen molar-refractivity contribution in [3.63, 3.8) is 0 Å². The summed E-state index contributed by atoms with van der Waals surface area (Å²) in [5.41, 5.74) is 2.33. The fraction of sp³-hybridized carbons (Fsp3) is 0.250. The van der Waals surface area contributed by atoms with Crippen molar-refractivity contribution in [1.29, 1.82) is 0 Å². The molecule has 0 spiro atoms. The Labute approximate surface area is 189 Å². The van der Waals surface area contributed by atoms with Crippen molar-refractivity contribution in [2.75, 3.05) is 6.61 Å². The van der Waals surface area contributed by atoms with Crippen LogP contribution >= 0.6 is 15.9 Å². The largest absolute Gasteiger partial charge is 0.493 e. The third-order valence-corrected chi connectivity index (χ3v) is 5.20. The molecular weight excluding hydrogens is 462 g/mol. The molecule has 1 aromatic heterocycles. The normalized spacial score (nSPS) is 10.6. The highest BCUT2D eigenvalue weighted by Gasteiger charge is 2.10. The highest BCUT2D eigenvalue weighted by atomic mass is 79.9. The number of ether oxygens (including phenoxy) is 1. The fourth-order valence-electron chi connectivity index (χ4n) is 3.07. The quantitative estimate of drug-likeness (QED) is 0.342. The maximum atomic E-state index is 12.6. The number of hydrogen-bond acceptors (Lipinski definition) is 4. The predicted molar refractivity (Wildman–Crippen MR) is 121 cm³/mol. The predicted octanol–water partition coefficient (Wildman–Crippen LogP) is 5.66. The molecule has 31 heavy (non-hydrogen) atoms. The van der Waals surface area contributed by atoms with E-state index < -0.39 is 5.97 Å². The van der Waals surface area contributed by atoms with Crippen molar-refractivity contribution in [3.05, 3.63) is 76.5 Å². The minimum Gasteiger partial charge on any atom is -0.493 e. The number of carboxylic acid groups (broad SMARTS) is 1. The molecule has 0 saturated heterocycles. The van der Waals surface area contributed by atoms with Crippen LogP contribution in [0.15, 0.2) is 69.8 Å². The van der Waals surface area contributed by atoms with Crippen LogP contribution in [-0.2, 0) is 11.3 Å². The summed E-state index contributed by atoms with van der Waals surface area (Å²) in [6.45, 7) is 0.822. The Morgan fingerprint density at radius 3 is 2.55 bits per heavy atom. The third-order valence-electron chi connectivity index (χ3n) is 4.71. The molecule has 0 aliphatic heterocycles. The Hall–Kier alpha value is -3.06. The van der Waals surface area contributed by atoms with Gasteiger partial charge in [-0.15, -0.1) is 0 Å². The average molecular weight is 486 g/mol. The van der Waals surface area contributed by atoms with E-state index in [1.165, 1.54) is 0 Å². The minimum absolute atomic E-state index is 0.175. The van der Waals surface area contributed by atoms with Crippen LogP contribution in [0.2, 0.25) is 0 Å². The van der Waals surface area contributed by atoms with Crippen LogP contribution in [-0.4, -0.2) is 23.6 Å². The van der Waals surface area contributed by atoms with E-state index in [4.69, 9.17) is 14.3 Å². The second-order valence-electron chi connectivity index (χ2n) is 7.04. The van der Waals surface area contributed by atoms with E-state index in [1.807, 2.05) is 42.5 Å². The molecule has 1 heterocycles. The zero-order chi connectivity index (χ0) is 22.1. The number of nitrogens with one attached hydrogen (secondary N) is 1. The summed E-state index contributed by atoms with van der Waals surface area (Å²) >= 11 is 3.46. The van der Waals surface area contributed by atoms with Crippen molar-refractivity contribution >= 4 is 27.8 Å². The molecule has 3 rings (SSSR count). The molecule has 2 aromatic carbocycles. The molecule has 7 heteroatoms. The van der Waals surface area contributed by atoms with Gasteiger partial charge in [-0.3, -0.25) is 9.59 Å². The third kappa shape index (κ3) is 7.00. The Kier molecular flexibility index (Phi) is 8.29. The van der Waals surface area contributed by atoms with Crippen LogP contribution < -0.4 is 10.1 Å². The van der Waals surface area contributed by atoms with Gasteiger partial charge in [0.2, 0.25) is 0 Å². The molecule has 0 aliphatic carbocycles. The lowest BCUT2D eigenvalue weighted by atomic mass is 10.1. The number of halogens is 1. The van der Waals surface area contributed by atoms with Crippen LogP contribution in [0.1, 0.15) is 41.6 Å². The first kappa shape index (κ1) is 22.6. The molecule has 2 N–H and O–H groups in total. The van der Waals surface area contributed by atoms with Gasteiger partial charge in [0.15, 0.2) is 0 Å². The maximum absolute atomic E-state index is 12.6.